The Bertz CT molecular complexity index is 484. The van der Waals surface area contributed by atoms with E-state index in [0.717, 1.165) is 11.4 Å². The molecule has 0 aliphatic carbocycles. The van der Waals surface area contributed by atoms with E-state index in [-0.39, 0.29) is 0 Å². The van der Waals surface area contributed by atoms with Crippen LogP contribution in [0.25, 0.3) is 11.4 Å². The zero-order valence-corrected chi connectivity index (χ0v) is 6.25. The van der Waals surface area contributed by atoms with Gasteiger partial charge in [-0.05, 0) is 6.07 Å². The predicted molar refractivity (Wildman–Crippen MR) is 43.9 cm³/mol. The summed E-state index contributed by atoms with van der Waals surface area (Å²) in [4.78, 5) is 8.36. The van der Waals surface area contributed by atoms with Crippen molar-refractivity contribution in [1.29, 1.82) is 0 Å². The molecule has 3 aromatic rings. The number of rotatable bonds is 0. The smallest absolute Gasteiger partial charge is 0.219 e. The predicted octanol–water partition coefficient (Wildman–Crippen LogP) is 0.982. The molecule has 0 amide bonds. The highest BCUT2D eigenvalue weighted by atomic mass is 15.2. The van der Waals surface area contributed by atoms with Gasteiger partial charge in [0.15, 0.2) is 0 Å². The lowest BCUT2D eigenvalue weighted by Gasteiger charge is -1.95. The Morgan fingerprint density at radius 1 is 1.00 bits per heavy atom. The molecule has 0 saturated carbocycles. The number of aromatic nitrogens is 4. The van der Waals surface area contributed by atoms with E-state index in [9.17, 15) is 0 Å². The third-order valence-corrected chi connectivity index (χ3v) is 1.92. The van der Waals surface area contributed by atoms with E-state index in [0.29, 0.717) is 0 Å². The van der Waals surface area contributed by atoms with E-state index in [4.69, 9.17) is 0 Å². The van der Waals surface area contributed by atoms with Gasteiger partial charge in [-0.15, -0.1) is 0 Å². The number of hydrogen-bond donors (Lipinski definition) is 0. The van der Waals surface area contributed by atoms with E-state index in [2.05, 4.69) is 9.97 Å². The molecular formula is C8H6N4. The summed E-state index contributed by atoms with van der Waals surface area (Å²) in [6, 6.07) is 1.95. The standard InChI is InChI=1S/C8H6N4/c1-4-11-5-2-10-8(11)12-6-3-9-7(1)12/h1-6H. The van der Waals surface area contributed by atoms with Crippen LogP contribution in [-0.2, 0) is 0 Å². The minimum Gasteiger partial charge on any atom is -0.292 e. The molecule has 3 rings (SSSR count). The molecule has 0 unspecified atom stereocenters. The molecule has 0 N–H and O–H groups in total. The second-order valence-electron chi connectivity index (χ2n) is 2.61. The van der Waals surface area contributed by atoms with Crippen molar-refractivity contribution in [2.45, 2.75) is 0 Å². The molecule has 0 aliphatic rings. The lowest BCUT2D eigenvalue weighted by atomic mass is 10.6. The maximum absolute atomic E-state index is 4.20. The summed E-state index contributed by atoms with van der Waals surface area (Å²) < 4.78 is 3.90. The van der Waals surface area contributed by atoms with Crippen molar-refractivity contribution in [3.8, 4) is 0 Å². The lowest BCUT2D eigenvalue weighted by Crippen LogP contribution is -1.91. The van der Waals surface area contributed by atoms with E-state index < -0.39 is 0 Å². The first-order valence-electron chi connectivity index (χ1n) is 3.70. The zero-order chi connectivity index (χ0) is 7.97. The Balaban J connectivity index is 2.71. The van der Waals surface area contributed by atoms with Gasteiger partial charge in [0.05, 0.1) is 0 Å². The van der Waals surface area contributed by atoms with Crippen molar-refractivity contribution in [3.63, 3.8) is 0 Å². The maximum atomic E-state index is 4.20. The van der Waals surface area contributed by atoms with Crippen LogP contribution in [0.15, 0.2) is 37.1 Å². The first kappa shape index (κ1) is 5.77. The van der Waals surface area contributed by atoms with Crippen LogP contribution >= 0.6 is 0 Å². The molecule has 58 valence electrons. The van der Waals surface area contributed by atoms with Gasteiger partial charge >= 0.3 is 0 Å². The highest BCUT2D eigenvalue weighted by molar-refractivity contribution is 5.46. The first-order chi connectivity index (χ1) is 5.95. The molecule has 12 heavy (non-hydrogen) atoms. The van der Waals surface area contributed by atoms with Gasteiger partial charge in [-0.1, -0.05) is 0 Å². The van der Waals surface area contributed by atoms with E-state index in [1.54, 1.807) is 12.4 Å². The molecule has 0 atom stereocenters. The largest absolute Gasteiger partial charge is 0.292 e. The van der Waals surface area contributed by atoms with Crippen LogP contribution in [0.5, 0.6) is 0 Å². The molecule has 4 nitrogen and oxygen atoms in total. The van der Waals surface area contributed by atoms with Crippen molar-refractivity contribution in [3.05, 3.63) is 37.1 Å². The van der Waals surface area contributed by atoms with Gasteiger partial charge in [0.2, 0.25) is 5.78 Å². The van der Waals surface area contributed by atoms with Crippen LogP contribution in [0.2, 0.25) is 0 Å². The summed E-state index contributed by atoms with van der Waals surface area (Å²) in [5.41, 5.74) is 0.925. The monoisotopic (exact) mass is 158 g/mol. The van der Waals surface area contributed by atoms with Gasteiger partial charge in [0, 0.05) is 31.0 Å². The molecular weight excluding hydrogens is 152 g/mol. The van der Waals surface area contributed by atoms with E-state index in [1.165, 1.54) is 0 Å². The number of hydrogen-bond acceptors (Lipinski definition) is 2. The second-order valence-corrected chi connectivity index (χ2v) is 2.61. The fourth-order valence-electron chi connectivity index (χ4n) is 1.36. The van der Waals surface area contributed by atoms with E-state index >= 15 is 0 Å². The summed E-state index contributed by atoms with van der Waals surface area (Å²) >= 11 is 0. The number of nitrogens with zero attached hydrogens (tertiary/aromatic N) is 4. The van der Waals surface area contributed by atoms with E-state index in [1.807, 2.05) is 33.5 Å². The van der Waals surface area contributed by atoms with Gasteiger partial charge in [-0.3, -0.25) is 8.80 Å². The minimum atomic E-state index is 0.894. The summed E-state index contributed by atoms with van der Waals surface area (Å²) in [6.45, 7) is 0. The van der Waals surface area contributed by atoms with Crippen molar-refractivity contribution in [2.75, 3.05) is 0 Å². The highest BCUT2D eigenvalue weighted by Gasteiger charge is 1.98. The molecule has 0 aliphatic heterocycles. The average Bonchev–Trinajstić information content (AvgIpc) is 2.71. The SMILES string of the molecule is c1cn2c(ccn3ccnc32)n1. The molecule has 4 heteroatoms. The first-order valence-corrected chi connectivity index (χ1v) is 3.70. The molecule has 0 fully saturated rings. The van der Waals surface area contributed by atoms with Crippen molar-refractivity contribution in [1.82, 2.24) is 18.8 Å². The number of imidazole rings is 2. The van der Waals surface area contributed by atoms with Gasteiger partial charge in [-0.25, -0.2) is 9.97 Å². The quantitative estimate of drug-likeness (QED) is 0.488. The lowest BCUT2D eigenvalue weighted by molar-refractivity contribution is 1.06. The molecule has 3 aromatic heterocycles. The summed E-state index contributed by atoms with van der Waals surface area (Å²) in [6.07, 6.45) is 9.30. The zero-order valence-electron chi connectivity index (χ0n) is 6.25. The van der Waals surface area contributed by atoms with Crippen molar-refractivity contribution >= 4 is 11.4 Å². The Kier molecular flexibility index (Phi) is 0.889. The van der Waals surface area contributed by atoms with Crippen LogP contribution in [-0.4, -0.2) is 18.8 Å². The summed E-state index contributed by atoms with van der Waals surface area (Å²) in [5, 5.41) is 0. The van der Waals surface area contributed by atoms with Gasteiger partial charge in [-0.2, -0.15) is 0 Å². The second kappa shape index (κ2) is 1.85. The molecule has 0 spiro atoms. The number of fused-ring (bicyclic) bond motifs is 3. The highest BCUT2D eigenvalue weighted by Crippen LogP contribution is 2.04. The third-order valence-electron chi connectivity index (χ3n) is 1.92. The molecule has 3 heterocycles. The van der Waals surface area contributed by atoms with Crippen LogP contribution in [0.4, 0.5) is 0 Å². The third kappa shape index (κ3) is 0.567. The van der Waals surface area contributed by atoms with Crippen LogP contribution in [0.3, 0.4) is 0 Å². The Labute approximate surface area is 68.1 Å². The normalized spacial score (nSPS) is 11.3. The molecule has 0 radical (unpaired) electrons. The average molecular weight is 158 g/mol. The van der Waals surface area contributed by atoms with Gasteiger partial charge < -0.3 is 0 Å². The minimum absolute atomic E-state index is 0.894. The topological polar surface area (TPSA) is 34.6 Å². The molecule has 0 aromatic carbocycles. The Morgan fingerprint density at radius 3 is 2.92 bits per heavy atom. The Hall–Kier alpha value is -1.84. The van der Waals surface area contributed by atoms with Crippen molar-refractivity contribution in [2.24, 2.45) is 0 Å². The molecule has 0 saturated heterocycles. The van der Waals surface area contributed by atoms with Gasteiger partial charge in [0.1, 0.15) is 5.65 Å². The van der Waals surface area contributed by atoms with Crippen LogP contribution < -0.4 is 0 Å². The molecule has 0 bridgehead atoms. The summed E-state index contributed by atoms with van der Waals surface area (Å²) in [7, 11) is 0. The van der Waals surface area contributed by atoms with Crippen molar-refractivity contribution < 1.29 is 0 Å². The fraction of sp³-hybridized carbons (Fsp3) is 0. The Morgan fingerprint density at radius 2 is 1.92 bits per heavy atom. The maximum Gasteiger partial charge on any atom is 0.219 e. The fourth-order valence-corrected chi connectivity index (χ4v) is 1.36. The van der Waals surface area contributed by atoms with Crippen LogP contribution in [0.1, 0.15) is 0 Å². The van der Waals surface area contributed by atoms with Crippen LogP contribution in [0, 0.1) is 0 Å². The van der Waals surface area contributed by atoms with Gasteiger partial charge in [0.25, 0.3) is 0 Å². The summed E-state index contributed by atoms with van der Waals surface area (Å²) in [5.74, 6) is 0.894.